The van der Waals surface area contributed by atoms with Crippen LogP contribution in [0.5, 0.6) is 0 Å². The second-order valence-electron chi connectivity index (χ2n) is 4.98. The van der Waals surface area contributed by atoms with Gasteiger partial charge in [0, 0.05) is 25.1 Å². The van der Waals surface area contributed by atoms with Crippen LogP contribution in [-0.2, 0) is 14.8 Å². The highest BCUT2D eigenvalue weighted by molar-refractivity contribution is 7.90. The molecule has 1 saturated heterocycles. The molecule has 1 N–H and O–H groups in total. The molecule has 4 nitrogen and oxygen atoms in total. The van der Waals surface area contributed by atoms with Crippen molar-refractivity contribution in [2.75, 3.05) is 19.8 Å². The average Bonchev–Trinajstić information content (AvgIpc) is 2.74. The fraction of sp³-hybridized carbons (Fsp3) is 1.00. The molecule has 100 valence electrons. The number of alkyl halides is 1. The third kappa shape index (κ3) is 3.81. The first kappa shape index (κ1) is 13.6. The second kappa shape index (κ2) is 5.87. The zero-order valence-corrected chi connectivity index (χ0v) is 11.5. The van der Waals surface area contributed by atoms with Crippen LogP contribution in [0.25, 0.3) is 0 Å². The summed E-state index contributed by atoms with van der Waals surface area (Å²) in [5.74, 6) is 0.409. The van der Waals surface area contributed by atoms with E-state index in [4.69, 9.17) is 16.3 Å². The van der Waals surface area contributed by atoms with Gasteiger partial charge in [0.25, 0.3) is 0 Å². The Balaban J connectivity index is 1.80. The van der Waals surface area contributed by atoms with Crippen molar-refractivity contribution in [3.8, 4) is 0 Å². The van der Waals surface area contributed by atoms with Crippen molar-refractivity contribution in [2.24, 2.45) is 5.92 Å². The van der Waals surface area contributed by atoms with Crippen molar-refractivity contribution in [3.05, 3.63) is 0 Å². The summed E-state index contributed by atoms with van der Waals surface area (Å²) < 4.78 is 32.0. The van der Waals surface area contributed by atoms with Gasteiger partial charge in [-0.25, -0.2) is 13.1 Å². The van der Waals surface area contributed by atoms with E-state index in [1.54, 1.807) is 0 Å². The molecule has 2 unspecified atom stereocenters. The zero-order valence-electron chi connectivity index (χ0n) is 9.90. The number of nitrogens with one attached hydrogen (secondary N) is 1. The van der Waals surface area contributed by atoms with Crippen LogP contribution in [0.3, 0.4) is 0 Å². The molecule has 0 aromatic rings. The van der Waals surface area contributed by atoms with E-state index in [2.05, 4.69) is 4.72 Å². The van der Waals surface area contributed by atoms with Gasteiger partial charge >= 0.3 is 0 Å². The Morgan fingerprint density at radius 1 is 1.18 bits per heavy atom. The fourth-order valence-corrected chi connectivity index (χ4v) is 4.43. The zero-order chi connectivity index (χ0) is 12.3. The molecule has 1 heterocycles. The lowest BCUT2D eigenvalue weighted by molar-refractivity contribution is 0.0981. The molecule has 0 bridgehead atoms. The molecule has 2 fully saturated rings. The summed E-state index contributed by atoms with van der Waals surface area (Å²) in [5, 5.41) is -0.0444. The van der Waals surface area contributed by atoms with Crippen LogP contribution in [0.4, 0.5) is 0 Å². The van der Waals surface area contributed by atoms with Gasteiger partial charge in [0.2, 0.25) is 10.0 Å². The smallest absolute Gasteiger partial charge is 0.214 e. The third-order valence-corrected chi connectivity index (χ3v) is 5.97. The predicted octanol–water partition coefficient (Wildman–Crippen LogP) is 1.49. The minimum Gasteiger partial charge on any atom is -0.381 e. The van der Waals surface area contributed by atoms with E-state index in [1.165, 1.54) is 0 Å². The molecule has 0 amide bonds. The summed E-state index contributed by atoms with van der Waals surface area (Å²) in [5.41, 5.74) is 0. The van der Waals surface area contributed by atoms with E-state index < -0.39 is 10.0 Å². The van der Waals surface area contributed by atoms with Crippen LogP contribution in [0, 0.1) is 5.92 Å². The van der Waals surface area contributed by atoms with Crippen molar-refractivity contribution in [2.45, 2.75) is 42.7 Å². The average molecular weight is 282 g/mol. The Labute approximate surface area is 108 Å². The number of halogens is 1. The Hall–Kier alpha value is 0.160. The number of hydrogen-bond acceptors (Lipinski definition) is 3. The van der Waals surface area contributed by atoms with Gasteiger partial charge in [-0.2, -0.15) is 0 Å². The van der Waals surface area contributed by atoms with E-state index in [9.17, 15) is 8.42 Å². The fourth-order valence-electron chi connectivity index (χ4n) is 2.54. The molecule has 0 aromatic heterocycles. The van der Waals surface area contributed by atoms with Crippen molar-refractivity contribution >= 4 is 21.6 Å². The normalized spacial score (nSPS) is 31.8. The highest BCUT2D eigenvalue weighted by Gasteiger charge is 2.29. The van der Waals surface area contributed by atoms with Gasteiger partial charge in [0.15, 0.2) is 0 Å². The molecule has 1 aliphatic carbocycles. The molecular weight excluding hydrogens is 262 g/mol. The summed E-state index contributed by atoms with van der Waals surface area (Å²) in [4.78, 5) is 0. The first-order valence-corrected chi connectivity index (χ1v) is 8.26. The highest BCUT2D eigenvalue weighted by atomic mass is 35.5. The Morgan fingerprint density at radius 2 is 1.88 bits per heavy atom. The van der Waals surface area contributed by atoms with Gasteiger partial charge in [-0.05, 0) is 38.0 Å². The van der Waals surface area contributed by atoms with E-state index in [0.29, 0.717) is 38.5 Å². The van der Waals surface area contributed by atoms with E-state index in [1.807, 2.05) is 0 Å². The summed E-state index contributed by atoms with van der Waals surface area (Å²) >= 11 is 6.01. The van der Waals surface area contributed by atoms with Gasteiger partial charge in [-0.3, -0.25) is 0 Å². The molecule has 6 heteroatoms. The first-order valence-electron chi connectivity index (χ1n) is 6.28. The van der Waals surface area contributed by atoms with E-state index >= 15 is 0 Å². The van der Waals surface area contributed by atoms with Crippen molar-refractivity contribution < 1.29 is 13.2 Å². The Kier molecular flexibility index (Phi) is 4.69. The summed E-state index contributed by atoms with van der Waals surface area (Å²) in [6.07, 6.45) is 4.18. The van der Waals surface area contributed by atoms with Gasteiger partial charge in [-0.1, -0.05) is 0 Å². The number of hydrogen-bond donors (Lipinski definition) is 1. The highest BCUT2D eigenvalue weighted by Crippen LogP contribution is 2.29. The predicted molar refractivity (Wildman–Crippen MR) is 67.7 cm³/mol. The van der Waals surface area contributed by atoms with Crippen LogP contribution < -0.4 is 4.72 Å². The summed E-state index contributed by atoms with van der Waals surface area (Å²) in [7, 11) is -3.16. The molecule has 2 rings (SSSR count). The minimum absolute atomic E-state index is 0.229. The molecule has 2 aliphatic rings. The SMILES string of the molecule is O=S(=O)(NCC1CCC(Cl)C1)C1CCOCC1. The van der Waals surface area contributed by atoms with Crippen molar-refractivity contribution in [3.63, 3.8) is 0 Å². The van der Waals surface area contributed by atoms with Gasteiger partial charge in [0.1, 0.15) is 0 Å². The molecule has 2 atom stereocenters. The maximum absolute atomic E-state index is 12.0. The standard InChI is InChI=1S/C11H20ClNO3S/c12-10-2-1-9(7-10)8-13-17(14,15)11-3-5-16-6-4-11/h9-11,13H,1-8H2. The number of rotatable bonds is 4. The van der Waals surface area contributed by atoms with Crippen LogP contribution in [0.1, 0.15) is 32.1 Å². The number of ether oxygens (including phenoxy) is 1. The van der Waals surface area contributed by atoms with E-state index in [-0.39, 0.29) is 10.6 Å². The molecule has 0 radical (unpaired) electrons. The monoisotopic (exact) mass is 281 g/mol. The Morgan fingerprint density at radius 3 is 2.47 bits per heavy atom. The molecule has 1 saturated carbocycles. The number of sulfonamides is 1. The maximum atomic E-state index is 12.0. The van der Waals surface area contributed by atoms with Gasteiger partial charge < -0.3 is 4.74 Å². The minimum atomic E-state index is -3.16. The second-order valence-corrected chi connectivity index (χ2v) is 7.64. The van der Waals surface area contributed by atoms with E-state index in [0.717, 1.165) is 19.3 Å². The molecule has 1 aliphatic heterocycles. The van der Waals surface area contributed by atoms with Gasteiger partial charge in [-0.15, -0.1) is 11.6 Å². The molecule has 0 spiro atoms. The largest absolute Gasteiger partial charge is 0.381 e. The molecular formula is C11H20ClNO3S. The van der Waals surface area contributed by atoms with Gasteiger partial charge in [0.05, 0.1) is 5.25 Å². The summed E-state index contributed by atoms with van der Waals surface area (Å²) in [6.45, 7) is 1.65. The van der Waals surface area contributed by atoms with Crippen LogP contribution in [0.2, 0.25) is 0 Å². The van der Waals surface area contributed by atoms with Crippen molar-refractivity contribution in [1.82, 2.24) is 4.72 Å². The van der Waals surface area contributed by atoms with Crippen molar-refractivity contribution in [1.29, 1.82) is 0 Å². The lowest BCUT2D eigenvalue weighted by atomic mass is 10.1. The molecule has 0 aromatic carbocycles. The molecule has 17 heavy (non-hydrogen) atoms. The topological polar surface area (TPSA) is 55.4 Å². The van der Waals surface area contributed by atoms with Crippen LogP contribution >= 0.6 is 11.6 Å². The third-order valence-electron chi connectivity index (χ3n) is 3.66. The lowest BCUT2D eigenvalue weighted by Gasteiger charge is -2.23. The van der Waals surface area contributed by atoms with Crippen LogP contribution in [0.15, 0.2) is 0 Å². The quantitative estimate of drug-likeness (QED) is 0.795. The summed E-state index contributed by atoms with van der Waals surface area (Å²) in [6, 6.07) is 0. The first-order chi connectivity index (χ1) is 8.08. The lowest BCUT2D eigenvalue weighted by Crippen LogP contribution is -2.39. The Bertz CT molecular complexity index is 341. The van der Waals surface area contributed by atoms with Crippen LogP contribution in [-0.4, -0.2) is 38.8 Å². The maximum Gasteiger partial charge on any atom is 0.214 e.